The molecule has 12 nitrogen and oxygen atoms in total. The van der Waals surface area contributed by atoms with Crippen LogP contribution < -0.4 is 20.3 Å². The van der Waals surface area contributed by atoms with Crippen LogP contribution in [0.4, 0.5) is 22.0 Å². The third kappa shape index (κ3) is 5.32. The quantitative estimate of drug-likeness (QED) is 0.333. The van der Waals surface area contributed by atoms with Crippen LogP contribution in [-0.2, 0) is 4.79 Å². The summed E-state index contributed by atoms with van der Waals surface area (Å²) in [6.07, 6.45) is 0.532. The highest BCUT2D eigenvalue weighted by Gasteiger charge is 2.22. The van der Waals surface area contributed by atoms with Crippen molar-refractivity contribution in [3.8, 4) is 17.2 Å². The Morgan fingerprint density at radius 2 is 2.03 bits per heavy atom. The van der Waals surface area contributed by atoms with Crippen molar-refractivity contribution in [2.75, 3.05) is 61.8 Å². The normalized spacial score (nSPS) is 15.1. The topological polar surface area (TPSA) is 138 Å². The maximum atomic E-state index is 14.7. The number of hydrogen-bond acceptors (Lipinski definition) is 10. The molecule has 1 unspecified atom stereocenters. The van der Waals surface area contributed by atoms with E-state index in [1.807, 2.05) is 22.9 Å². The third-order valence-electron chi connectivity index (χ3n) is 6.50. The van der Waals surface area contributed by atoms with Gasteiger partial charge in [0, 0.05) is 58.4 Å². The van der Waals surface area contributed by atoms with Crippen LogP contribution in [0.15, 0.2) is 47.1 Å². The van der Waals surface area contributed by atoms with E-state index in [0.29, 0.717) is 48.4 Å². The summed E-state index contributed by atoms with van der Waals surface area (Å²) in [5.74, 6) is 0.0134. The number of hydrogen-bond donors (Lipinski definition) is 2. The second-order valence-corrected chi connectivity index (χ2v) is 9.12. The molecule has 0 amide bonds. The van der Waals surface area contributed by atoms with Gasteiger partial charge >= 0.3 is 5.97 Å². The molecule has 1 fully saturated rings. The summed E-state index contributed by atoms with van der Waals surface area (Å²) in [5, 5.41) is 13.4. The number of aromatic nitrogens is 4. The first-order valence-electron chi connectivity index (χ1n) is 12.2. The number of carboxylic acid groups (broad SMARTS) is 1. The summed E-state index contributed by atoms with van der Waals surface area (Å²) in [6.45, 7) is 5.70. The average molecular weight is 525 g/mol. The van der Waals surface area contributed by atoms with Gasteiger partial charge in [-0.25, -0.2) is 9.18 Å². The minimum absolute atomic E-state index is 0.192. The molecular weight excluding hydrogens is 495 g/mol. The van der Waals surface area contributed by atoms with Crippen molar-refractivity contribution in [1.29, 1.82) is 0 Å². The number of piperazine rings is 1. The summed E-state index contributed by atoms with van der Waals surface area (Å²) < 4.78 is 26.9. The fraction of sp³-hybridized carbons (Fsp3) is 0.360. The van der Waals surface area contributed by atoms with Crippen LogP contribution in [-0.4, -0.2) is 88.0 Å². The molecule has 1 aliphatic heterocycles. The number of nitrogens with two attached hydrogens (primary N) is 1. The van der Waals surface area contributed by atoms with Crippen LogP contribution in [0.2, 0.25) is 0 Å². The average Bonchev–Trinajstić information content (AvgIpc) is 3.58. The Hall–Kier alpha value is -4.39. The number of nitrogen functional groups attached to an aromatic ring is 1. The second-order valence-electron chi connectivity index (χ2n) is 9.12. The van der Waals surface area contributed by atoms with Gasteiger partial charge in [-0.3, -0.25) is 4.90 Å². The van der Waals surface area contributed by atoms with Gasteiger partial charge in [-0.2, -0.15) is 19.6 Å². The molecule has 0 radical (unpaired) electrons. The lowest BCUT2D eigenvalue weighted by Gasteiger charge is -2.36. The van der Waals surface area contributed by atoms with E-state index < -0.39 is 17.9 Å². The molecule has 200 valence electrons. The van der Waals surface area contributed by atoms with Gasteiger partial charge < -0.3 is 29.8 Å². The van der Waals surface area contributed by atoms with E-state index in [1.54, 1.807) is 30.5 Å². The Balaban J connectivity index is 1.15. The maximum absolute atomic E-state index is 14.7. The predicted octanol–water partition coefficient (Wildman–Crippen LogP) is 2.22. The zero-order valence-electron chi connectivity index (χ0n) is 21.1. The minimum atomic E-state index is -1.10. The molecule has 13 heteroatoms. The number of benzene rings is 1. The smallest absolute Gasteiger partial charge is 0.344 e. The molecule has 1 aliphatic rings. The Labute approximate surface area is 218 Å². The lowest BCUT2D eigenvalue weighted by atomic mass is 10.2. The van der Waals surface area contributed by atoms with E-state index in [1.165, 1.54) is 17.5 Å². The van der Waals surface area contributed by atoms with E-state index >= 15 is 0 Å². The lowest BCUT2D eigenvalue weighted by molar-refractivity contribution is -0.144. The number of likely N-dealkylation sites (N-methyl/N-ethyl adjacent to an activating group) is 1. The summed E-state index contributed by atoms with van der Waals surface area (Å²) >= 11 is 0. The molecule has 4 heterocycles. The van der Waals surface area contributed by atoms with Gasteiger partial charge in [0.25, 0.3) is 0 Å². The standard InChI is InChI=1S/C25H29FN8O4/c1-16(23(35)36)38-17-5-6-20(18(26)14-17)33-11-9-32(10-12-33)8-7-31(2)25-28-22-15-19(21-4-3-13-37-21)30-34(22)24(27)29-25/h3-6,13-16H,7-12H2,1-2H3,(H,35,36)(H2,27,28,29). The minimum Gasteiger partial charge on any atom is -0.479 e. The van der Waals surface area contributed by atoms with Gasteiger partial charge in [-0.1, -0.05) is 0 Å². The molecule has 1 saturated heterocycles. The van der Waals surface area contributed by atoms with Crippen molar-refractivity contribution in [3.63, 3.8) is 0 Å². The fourth-order valence-corrected chi connectivity index (χ4v) is 4.29. The number of halogens is 1. The van der Waals surface area contributed by atoms with Gasteiger partial charge in [0.2, 0.25) is 11.9 Å². The zero-order valence-corrected chi connectivity index (χ0v) is 21.1. The van der Waals surface area contributed by atoms with Gasteiger partial charge in [0.1, 0.15) is 17.3 Å². The van der Waals surface area contributed by atoms with Crippen LogP contribution >= 0.6 is 0 Å². The van der Waals surface area contributed by atoms with Crippen molar-refractivity contribution >= 4 is 29.2 Å². The highest BCUT2D eigenvalue weighted by Crippen LogP contribution is 2.26. The van der Waals surface area contributed by atoms with Crippen molar-refractivity contribution in [1.82, 2.24) is 24.5 Å². The number of carbonyl (C=O) groups is 1. The van der Waals surface area contributed by atoms with Crippen molar-refractivity contribution in [2.45, 2.75) is 13.0 Å². The molecule has 4 aromatic rings. The first-order chi connectivity index (χ1) is 18.3. The molecule has 1 atom stereocenters. The molecule has 3 aromatic heterocycles. The van der Waals surface area contributed by atoms with Crippen molar-refractivity contribution in [3.05, 3.63) is 48.5 Å². The number of aliphatic carboxylic acids is 1. The van der Waals surface area contributed by atoms with E-state index in [2.05, 4.69) is 20.0 Å². The summed E-state index contributed by atoms with van der Waals surface area (Å²) in [6, 6.07) is 9.88. The van der Waals surface area contributed by atoms with Crippen LogP contribution in [0.5, 0.6) is 5.75 Å². The highest BCUT2D eigenvalue weighted by molar-refractivity contribution is 5.72. The first kappa shape index (κ1) is 25.3. The third-order valence-corrected chi connectivity index (χ3v) is 6.50. The highest BCUT2D eigenvalue weighted by atomic mass is 19.1. The van der Waals surface area contributed by atoms with Crippen molar-refractivity contribution < 1.29 is 23.4 Å². The van der Waals surface area contributed by atoms with Crippen LogP contribution in [0, 0.1) is 5.82 Å². The van der Waals surface area contributed by atoms with Gasteiger partial charge in [0.15, 0.2) is 17.5 Å². The Kier molecular flexibility index (Phi) is 7.01. The second kappa shape index (κ2) is 10.5. The van der Waals surface area contributed by atoms with Gasteiger partial charge in [0.05, 0.1) is 12.0 Å². The number of nitrogens with zero attached hydrogens (tertiary/aromatic N) is 7. The molecule has 0 saturated carbocycles. The molecule has 0 aliphatic carbocycles. The molecule has 0 spiro atoms. The number of anilines is 3. The van der Waals surface area contributed by atoms with E-state index in [-0.39, 0.29) is 11.7 Å². The predicted molar refractivity (Wildman–Crippen MR) is 139 cm³/mol. The monoisotopic (exact) mass is 524 g/mol. The van der Waals surface area contributed by atoms with E-state index in [0.717, 1.165) is 19.6 Å². The van der Waals surface area contributed by atoms with Crippen molar-refractivity contribution in [2.24, 2.45) is 0 Å². The molecule has 5 rings (SSSR count). The Morgan fingerprint density at radius 1 is 1.24 bits per heavy atom. The van der Waals surface area contributed by atoms with E-state index in [4.69, 9.17) is 20.0 Å². The lowest BCUT2D eigenvalue weighted by Crippen LogP contribution is -2.48. The van der Waals surface area contributed by atoms with Gasteiger partial charge in [-0.15, -0.1) is 0 Å². The number of ether oxygens (including phenoxy) is 1. The molecule has 38 heavy (non-hydrogen) atoms. The summed E-state index contributed by atoms with van der Waals surface area (Å²) in [4.78, 5) is 26.2. The Morgan fingerprint density at radius 3 is 2.71 bits per heavy atom. The number of carboxylic acids is 1. The molecular formula is C25H29FN8O4. The largest absolute Gasteiger partial charge is 0.479 e. The van der Waals surface area contributed by atoms with Crippen LogP contribution in [0.25, 0.3) is 17.1 Å². The molecule has 1 aromatic carbocycles. The maximum Gasteiger partial charge on any atom is 0.344 e. The first-order valence-corrected chi connectivity index (χ1v) is 12.2. The summed E-state index contributed by atoms with van der Waals surface area (Å²) in [5.41, 5.74) is 7.82. The fourth-order valence-electron chi connectivity index (χ4n) is 4.29. The number of rotatable bonds is 9. The van der Waals surface area contributed by atoms with Crippen LogP contribution in [0.1, 0.15) is 6.92 Å². The SMILES string of the molecule is CC(Oc1ccc(N2CCN(CCN(C)c3nc(N)n4nc(-c5ccco5)cc4n3)CC2)c(F)c1)C(=O)O. The molecule has 3 N–H and O–H groups in total. The van der Waals surface area contributed by atoms with Gasteiger partial charge in [-0.05, 0) is 31.2 Å². The van der Waals surface area contributed by atoms with E-state index in [9.17, 15) is 9.18 Å². The Bertz CT molecular complexity index is 1420. The number of fused-ring (bicyclic) bond motifs is 1. The molecule has 0 bridgehead atoms. The van der Waals surface area contributed by atoms with Crippen LogP contribution in [0.3, 0.4) is 0 Å². The zero-order chi connectivity index (χ0) is 26.8. The number of furan rings is 1. The summed E-state index contributed by atoms with van der Waals surface area (Å²) in [7, 11) is 1.91.